The molecule has 0 saturated carbocycles. The van der Waals surface area contributed by atoms with Gasteiger partial charge in [-0.2, -0.15) is 0 Å². The first-order valence-electron chi connectivity index (χ1n) is 6.68. The first-order chi connectivity index (χ1) is 10.4. The molecule has 0 aliphatic heterocycles. The number of hydrogen-bond acceptors (Lipinski definition) is 3. The van der Waals surface area contributed by atoms with Crippen LogP contribution in [0.5, 0.6) is 11.5 Å². The van der Waals surface area contributed by atoms with E-state index >= 15 is 0 Å². The third-order valence-corrected chi connectivity index (χ3v) is 3.99. The fourth-order valence-electron chi connectivity index (χ4n) is 2.13. The lowest BCUT2D eigenvalue weighted by Crippen LogP contribution is -2.03. The zero-order valence-corrected chi connectivity index (χ0v) is 14.9. The summed E-state index contributed by atoms with van der Waals surface area (Å²) in [5, 5.41) is 0.536. The van der Waals surface area contributed by atoms with Crippen molar-refractivity contribution in [3.8, 4) is 11.5 Å². The van der Waals surface area contributed by atoms with Gasteiger partial charge in [-0.05, 0) is 49.7 Å². The first kappa shape index (κ1) is 16.8. The SMILES string of the molecule is COc1ccc(C(C)=O)cc1COc1c(C)cc(Br)cc1Cl. The number of Topliss-reactive ketones (excluding diaryl/α,β-unsaturated/α-hetero) is 1. The molecule has 2 aromatic rings. The minimum absolute atomic E-state index is 0.00163. The summed E-state index contributed by atoms with van der Waals surface area (Å²) in [4.78, 5) is 11.5. The van der Waals surface area contributed by atoms with Crippen molar-refractivity contribution >= 4 is 33.3 Å². The maximum atomic E-state index is 11.5. The number of carbonyl (C=O) groups excluding carboxylic acids is 1. The van der Waals surface area contributed by atoms with Gasteiger partial charge in [-0.25, -0.2) is 0 Å². The number of carbonyl (C=O) groups is 1. The highest BCUT2D eigenvalue weighted by Crippen LogP contribution is 2.33. The number of halogens is 2. The monoisotopic (exact) mass is 382 g/mol. The predicted octanol–water partition coefficient (Wildman–Crippen LogP) is 5.20. The van der Waals surface area contributed by atoms with Gasteiger partial charge in [0.25, 0.3) is 0 Å². The molecule has 0 spiro atoms. The van der Waals surface area contributed by atoms with E-state index in [0.717, 1.165) is 15.6 Å². The Labute approximate surface area is 143 Å². The molecule has 116 valence electrons. The summed E-state index contributed by atoms with van der Waals surface area (Å²) in [6.45, 7) is 3.73. The number of aryl methyl sites for hydroxylation is 1. The molecule has 0 radical (unpaired) electrons. The third kappa shape index (κ3) is 3.81. The van der Waals surface area contributed by atoms with Gasteiger partial charge in [0, 0.05) is 15.6 Å². The molecule has 0 atom stereocenters. The van der Waals surface area contributed by atoms with Crippen molar-refractivity contribution in [2.24, 2.45) is 0 Å². The Bertz CT molecular complexity index is 690. The van der Waals surface area contributed by atoms with E-state index in [1.54, 1.807) is 31.4 Å². The lowest BCUT2D eigenvalue weighted by molar-refractivity contribution is 0.101. The molecule has 0 unspecified atom stereocenters. The maximum absolute atomic E-state index is 11.5. The Morgan fingerprint density at radius 1 is 1.27 bits per heavy atom. The van der Waals surface area contributed by atoms with Crippen molar-refractivity contribution in [1.82, 2.24) is 0 Å². The Morgan fingerprint density at radius 2 is 2.00 bits per heavy atom. The summed E-state index contributed by atoms with van der Waals surface area (Å²) in [7, 11) is 1.59. The van der Waals surface area contributed by atoms with E-state index in [9.17, 15) is 4.79 Å². The van der Waals surface area contributed by atoms with Crippen LogP contribution in [0.1, 0.15) is 28.4 Å². The average Bonchev–Trinajstić information content (AvgIpc) is 2.45. The van der Waals surface area contributed by atoms with E-state index in [2.05, 4.69) is 15.9 Å². The molecule has 0 heterocycles. The van der Waals surface area contributed by atoms with Crippen molar-refractivity contribution in [3.63, 3.8) is 0 Å². The fraction of sp³-hybridized carbons (Fsp3) is 0.235. The molecule has 5 heteroatoms. The number of benzene rings is 2. The molecule has 0 aromatic heterocycles. The maximum Gasteiger partial charge on any atom is 0.159 e. The van der Waals surface area contributed by atoms with E-state index in [0.29, 0.717) is 22.1 Å². The summed E-state index contributed by atoms with van der Waals surface area (Å²) >= 11 is 9.61. The minimum Gasteiger partial charge on any atom is -0.496 e. The second-order valence-electron chi connectivity index (χ2n) is 4.91. The summed E-state index contributed by atoms with van der Waals surface area (Å²) in [6, 6.07) is 9.01. The highest BCUT2D eigenvalue weighted by Gasteiger charge is 2.11. The van der Waals surface area contributed by atoms with Gasteiger partial charge in [-0.1, -0.05) is 27.5 Å². The van der Waals surface area contributed by atoms with Gasteiger partial charge in [0.2, 0.25) is 0 Å². The Morgan fingerprint density at radius 3 is 2.59 bits per heavy atom. The van der Waals surface area contributed by atoms with E-state index in [1.165, 1.54) is 6.92 Å². The predicted molar refractivity (Wildman–Crippen MR) is 91.2 cm³/mol. The van der Waals surface area contributed by atoms with Crippen LogP contribution in [0.3, 0.4) is 0 Å². The summed E-state index contributed by atoms with van der Waals surface area (Å²) in [6.07, 6.45) is 0. The van der Waals surface area contributed by atoms with Gasteiger partial charge in [0.1, 0.15) is 18.1 Å². The third-order valence-electron chi connectivity index (χ3n) is 3.25. The lowest BCUT2D eigenvalue weighted by Gasteiger charge is -2.14. The molecule has 0 amide bonds. The largest absolute Gasteiger partial charge is 0.496 e. The van der Waals surface area contributed by atoms with E-state index < -0.39 is 0 Å². The van der Waals surface area contributed by atoms with Crippen LogP contribution in [0.2, 0.25) is 5.02 Å². The van der Waals surface area contributed by atoms with Gasteiger partial charge >= 0.3 is 0 Å². The Balaban J connectivity index is 2.28. The van der Waals surface area contributed by atoms with Gasteiger partial charge < -0.3 is 9.47 Å². The van der Waals surface area contributed by atoms with Crippen LogP contribution in [0.25, 0.3) is 0 Å². The smallest absolute Gasteiger partial charge is 0.159 e. The molecule has 0 aliphatic rings. The fourth-order valence-corrected chi connectivity index (χ4v) is 3.16. The summed E-state index contributed by atoms with van der Waals surface area (Å²) < 4.78 is 12.1. The van der Waals surface area contributed by atoms with Gasteiger partial charge in [-0.3, -0.25) is 4.79 Å². The second kappa shape index (κ2) is 7.16. The molecule has 2 aromatic carbocycles. The van der Waals surface area contributed by atoms with Gasteiger partial charge in [0.15, 0.2) is 5.78 Å². The van der Waals surface area contributed by atoms with E-state index in [1.807, 2.05) is 13.0 Å². The van der Waals surface area contributed by atoms with Crippen LogP contribution in [0, 0.1) is 6.92 Å². The molecule has 2 rings (SSSR count). The number of methoxy groups -OCH3 is 1. The van der Waals surface area contributed by atoms with Crippen LogP contribution in [-0.2, 0) is 6.61 Å². The topological polar surface area (TPSA) is 35.5 Å². The van der Waals surface area contributed by atoms with Crippen LogP contribution < -0.4 is 9.47 Å². The minimum atomic E-state index is 0.00163. The van der Waals surface area contributed by atoms with Crippen molar-refractivity contribution in [2.75, 3.05) is 7.11 Å². The Kier molecular flexibility index (Phi) is 5.48. The van der Waals surface area contributed by atoms with Crippen molar-refractivity contribution in [2.45, 2.75) is 20.5 Å². The van der Waals surface area contributed by atoms with Crippen molar-refractivity contribution in [3.05, 3.63) is 56.5 Å². The molecule has 0 aliphatic carbocycles. The van der Waals surface area contributed by atoms with E-state index in [4.69, 9.17) is 21.1 Å². The molecule has 0 saturated heterocycles. The van der Waals surface area contributed by atoms with Crippen LogP contribution >= 0.6 is 27.5 Å². The number of rotatable bonds is 5. The first-order valence-corrected chi connectivity index (χ1v) is 7.85. The molecular formula is C17H16BrClO3. The number of ether oxygens (including phenoxy) is 2. The summed E-state index contributed by atoms with van der Waals surface area (Å²) in [5.41, 5.74) is 2.35. The normalized spacial score (nSPS) is 10.4. The quantitative estimate of drug-likeness (QED) is 0.666. The van der Waals surface area contributed by atoms with Crippen LogP contribution in [0.4, 0.5) is 0 Å². The Hall–Kier alpha value is -1.52. The highest BCUT2D eigenvalue weighted by atomic mass is 79.9. The highest BCUT2D eigenvalue weighted by molar-refractivity contribution is 9.10. The van der Waals surface area contributed by atoms with Gasteiger partial charge in [-0.15, -0.1) is 0 Å². The lowest BCUT2D eigenvalue weighted by atomic mass is 10.1. The van der Waals surface area contributed by atoms with Crippen LogP contribution in [-0.4, -0.2) is 12.9 Å². The molecular weight excluding hydrogens is 368 g/mol. The van der Waals surface area contributed by atoms with Crippen molar-refractivity contribution in [1.29, 1.82) is 0 Å². The summed E-state index contributed by atoms with van der Waals surface area (Å²) in [5.74, 6) is 1.30. The zero-order valence-electron chi connectivity index (χ0n) is 12.6. The molecule has 0 N–H and O–H groups in total. The molecule has 0 fully saturated rings. The molecule has 0 bridgehead atoms. The average molecular weight is 384 g/mol. The standard InChI is InChI=1S/C17H16BrClO3/c1-10-6-14(18)8-15(19)17(10)22-9-13-7-12(11(2)20)4-5-16(13)21-3/h4-8H,9H2,1-3H3. The van der Waals surface area contributed by atoms with Gasteiger partial charge in [0.05, 0.1) is 12.1 Å². The van der Waals surface area contributed by atoms with Crippen molar-refractivity contribution < 1.29 is 14.3 Å². The number of hydrogen-bond donors (Lipinski definition) is 0. The van der Waals surface area contributed by atoms with E-state index in [-0.39, 0.29) is 12.4 Å². The molecule has 3 nitrogen and oxygen atoms in total. The molecule has 22 heavy (non-hydrogen) atoms. The zero-order chi connectivity index (χ0) is 16.3. The second-order valence-corrected chi connectivity index (χ2v) is 6.23. The van der Waals surface area contributed by atoms with Crippen LogP contribution in [0.15, 0.2) is 34.8 Å². The number of ketones is 1.